The zero-order valence-electron chi connectivity index (χ0n) is 12.6. The number of carbonyl (C=O) groups is 1. The summed E-state index contributed by atoms with van der Waals surface area (Å²) in [5.41, 5.74) is 6.65. The highest BCUT2D eigenvalue weighted by Crippen LogP contribution is 2.12. The van der Waals surface area contributed by atoms with Gasteiger partial charge in [0.05, 0.1) is 0 Å². The first-order valence-corrected chi connectivity index (χ1v) is 7.03. The van der Waals surface area contributed by atoms with Crippen molar-refractivity contribution in [1.82, 2.24) is 5.43 Å². The van der Waals surface area contributed by atoms with Crippen molar-refractivity contribution in [3.8, 4) is 0 Å². The van der Waals surface area contributed by atoms with Crippen molar-refractivity contribution >= 4 is 12.1 Å². The van der Waals surface area contributed by atoms with Crippen molar-refractivity contribution in [2.75, 3.05) is 0 Å². The summed E-state index contributed by atoms with van der Waals surface area (Å²) in [6.45, 7) is 6.06. The van der Waals surface area contributed by atoms with Crippen LogP contribution in [0.2, 0.25) is 0 Å². The lowest BCUT2D eigenvalue weighted by Crippen LogP contribution is -2.18. The highest BCUT2D eigenvalue weighted by Gasteiger charge is 2.06. The quantitative estimate of drug-likeness (QED) is 0.671. The molecule has 0 saturated heterocycles. The summed E-state index contributed by atoms with van der Waals surface area (Å²) < 4.78 is 0. The summed E-state index contributed by atoms with van der Waals surface area (Å²) in [4.78, 5) is 12.0. The smallest absolute Gasteiger partial charge is 0.267 e. The van der Waals surface area contributed by atoms with Gasteiger partial charge in [0.15, 0.2) is 0 Å². The number of rotatable bonds is 4. The molecule has 3 nitrogen and oxygen atoms in total. The SMILES string of the molecule is Cc1ccc(C(=O)NN=CC(C)c2ccccc2)cc1C. The van der Waals surface area contributed by atoms with Crippen LogP contribution in [0, 0.1) is 13.8 Å². The molecule has 0 aromatic heterocycles. The molecule has 0 heterocycles. The fourth-order valence-electron chi connectivity index (χ4n) is 2.00. The van der Waals surface area contributed by atoms with Gasteiger partial charge in [-0.1, -0.05) is 43.3 Å². The van der Waals surface area contributed by atoms with Gasteiger partial charge in [-0.2, -0.15) is 5.10 Å². The van der Waals surface area contributed by atoms with Crippen molar-refractivity contribution < 1.29 is 4.79 Å². The minimum absolute atomic E-state index is 0.159. The van der Waals surface area contributed by atoms with Gasteiger partial charge in [0.2, 0.25) is 0 Å². The van der Waals surface area contributed by atoms with Crippen LogP contribution in [-0.2, 0) is 0 Å². The molecule has 1 amide bonds. The third-order valence-electron chi connectivity index (χ3n) is 3.56. The van der Waals surface area contributed by atoms with E-state index in [1.807, 2.05) is 69.3 Å². The molecule has 2 rings (SSSR count). The lowest BCUT2D eigenvalue weighted by Gasteiger charge is -2.06. The molecule has 108 valence electrons. The van der Waals surface area contributed by atoms with E-state index in [-0.39, 0.29) is 11.8 Å². The van der Waals surface area contributed by atoms with Gasteiger partial charge in [-0.25, -0.2) is 5.43 Å². The Morgan fingerprint density at radius 3 is 2.48 bits per heavy atom. The van der Waals surface area contributed by atoms with Gasteiger partial charge >= 0.3 is 0 Å². The van der Waals surface area contributed by atoms with Crippen LogP contribution in [-0.4, -0.2) is 12.1 Å². The molecule has 21 heavy (non-hydrogen) atoms. The molecule has 2 aromatic carbocycles. The van der Waals surface area contributed by atoms with E-state index in [4.69, 9.17) is 0 Å². The lowest BCUT2D eigenvalue weighted by molar-refractivity contribution is 0.0955. The maximum atomic E-state index is 12.0. The lowest BCUT2D eigenvalue weighted by atomic mass is 10.0. The average molecular weight is 280 g/mol. The number of nitrogens with zero attached hydrogens (tertiary/aromatic N) is 1. The molecule has 0 aliphatic heterocycles. The van der Waals surface area contributed by atoms with Crippen LogP contribution >= 0.6 is 0 Å². The zero-order valence-corrected chi connectivity index (χ0v) is 12.6. The topological polar surface area (TPSA) is 41.5 Å². The molecule has 1 N–H and O–H groups in total. The molecular weight excluding hydrogens is 260 g/mol. The normalized spacial score (nSPS) is 12.3. The van der Waals surface area contributed by atoms with Gasteiger partial charge in [0, 0.05) is 17.7 Å². The summed E-state index contributed by atoms with van der Waals surface area (Å²) in [5.74, 6) is -0.0270. The van der Waals surface area contributed by atoms with E-state index in [1.165, 1.54) is 11.1 Å². The fourth-order valence-corrected chi connectivity index (χ4v) is 2.00. The maximum absolute atomic E-state index is 12.0. The number of carbonyl (C=O) groups excluding carboxylic acids is 1. The van der Waals surface area contributed by atoms with Crippen LogP contribution in [0.5, 0.6) is 0 Å². The van der Waals surface area contributed by atoms with Crippen LogP contribution in [0.4, 0.5) is 0 Å². The third kappa shape index (κ3) is 4.02. The number of hydrogen-bond donors (Lipinski definition) is 1. The molecule has 1 unspecified atom stereocenters. The molecular formula is C18H20N2O. The summed E-state index contributed by atoms with van der Waals surface area (Å²) in [6.07, 6.45) is 1.74. The van der Waals surface area contributed by atoms with E-state index in [9.17, 15) is 4.79 Å². The predicted molar refractivity (Wildman–Crippen MR) is 86.7 cm³/mol. The predicted octanol–water partition coefficient (Wildman–Crippen LogP) is 3.82. The van der Waals surface area contributed by atoms with E-state index in [1.54, 1.807) is 6.21 Å². The molecule has 0 aliphatic carbocycles. The minimum Gasteiger partial charge on any atom is -0.267 e. The summed E-state index contributed by atoms with van der Waals surface area (Å²) >= 11 is 0. The maximum Gasteiger partial charge on any atom is 0.271 e. The second-order valence-corrected chi connectivity index (χ2v) is 5.22. The Labute approximate surface area is 125 Å². The second kappa shape index (κ2) is 6.84. The standard InChI is InChI=1S/C18H20N2O/c1-13-9-10-17(11-14(13)2)18(21)20-19-12-15(3)16-7-5-4-6-8-16/h4-12,15H,1-3H3,(H,20,21). The Balaban J connectivity index is 1.97. The third-order valence-corrected chi connectivity index (χ3v) is 3.56. The monoisotopic (exact) mass is 280 g/mol. The van der Waals surface area contributed by atoms with Gasteiger partial charge in [0.1, 0.15) is 0 Å². The average Bonchev–Trinajstić information content (AvgIpc) is 2.50. The van der Waals surface area contributed by atoms with Crippen molar-refractivity contribution in [3.63, 3.8) is 0 Å². The van der Waals surface area contributed by atoms with E-state index in [2.05, 4.69) is 10.5 Å². The van der Waals surface area contributed by atoms with Gasteiger partial charge in [0.25, 0.3) is 5.91 Å². The molecule has 0 radical (unpaired) electrons. The molecule has 0 aliphatic rings. The number of aryl methyl sites for hydroxylation is 2. The van der Waals surface area contributed by atoms with Crippen LogP contribution in [0.3, 0.4) is 0 Å². The van der Waals surface area contributed by atoms with Crippen molar-refractivity contribution in [1.29, 1.82) is 0 Å². The summed E-state index contributed by atoms with van der Waals surface area (Å²) in [5, 5.41) is 4.05. The van der Waals surface area contributed by atoms with Crippen molar-refractivity contribution in [3.05, 3.63) is 70.8 Å². The first kappa shape index (κ1) is 15.0. The Bertz CT molecular complexity index is 648. The summed E-state index contributed by atoms with van der Waals surface area (Å²) in [7, 11) is 0. The van der Waals surface area contributed by atoms with Gasteiger partial charge in [-0.3, -0.25) is 4.79 Å². The zero-order chi connectivity index (χ0) is 15.2. The minimum atomic E-state index is -0.186. The molecule has 2 aromatic rings. The van der Waals surface area contributed by atoms with Crippen LogP contribution < -0.4 is 5.43 Å². The number of amides is 1. The van der Waals surface area contributed by atoms with Crippen LogP contribution in [0.15, 0.2) is 53.6 Å². The van der Waals surface area contributed by atoms with E-state index < -0.39 is 0 Å². The summed E-state index contributed by atoms with van der Waals surface area (Å²) in [6, 6.07) is 15.7. The van der Waals surface area contributed by atoms with E-state index in [0.717, 1.165) is 5.56 Å². The Hall–Kier alpha value is -2.42. The largest absolute Gasteiger partial charge is 0.271 e. The highest BCUT2D eigenvalue weighted by atomic mass is 16.2. The molecule has 0 saturated carbocycles. The highest BCUT2D eigenvalue weighted by molar-refractivity contribution is 5.94. The number of hydrogen-bond acceptors (Lipinski definition) is 2. The fraction of sp³-hybridized carbons (Fsp3) is 0.222. The second-order valence-electron chi connectivity index (χ2n) is 5.22. The van der Waals surface area contributed by atoms with E-state index in [0.29, 0.717) is 5.56 Å². The Kier molecular flexibility index (Phi) is 4.88. The van der Waals surface area contributed by atoms with Crippen LogP contribution in [0.25, 0.3) is 0 Å². The van der Waals surface area contributed by atoms with Crippen molar-refractivity contribution in [2.24, 2.45) is 5.10 Å². The molecule has 0 bridgehead atoms. The van der Waals surface area contributed by atoms with Gasteiger partial charge in [-0.05, 0) is 42.7 Å². The first-order chi connectivity index (χ1) is 10.1. The van der Waals surface area contributed by atoms with E-state index >= 15 is 0 Å². The Morgan fingerprint density at radius 2 is 1.81 bits per heavy atom. The van der Waals surface area contributed by atoms with Crippen LogP contribution in [0.1, 0.15) is 39.9 Å². The Morgan fingerprint density at radius 1 is 1.10 bits per heavy atom. The molecule has 3 heteroatoms. The molecule has 0 fully saturated rings. The number of hydrazone groups is 1. The number of nitrogens with one attached hydrogen (secondary N) is 1. The number of benzene rings is 2. The molecule has 1 atom stereocenters. The van der Waals surface area contributed by atoms with Gasteiger partial charge in [-0.15, -0.1) is 0 Å². The van der Waals surface area contributed by atoms with Gasteiger partial charge < -0.3 is 0 Å². The van der Waals surface area contributed by atoms with Crippen molar-refractivity contribution in [2.45, 2.75) is 26.7 Å². The molecule has 0 spiro atoms. The first-order valence-electron chi connectivity index (χ1n) is 7.03.